The molecule has 20 heavy (non-hydrogen) atoms. The monoisotopic (exact) mass is 290 g/mol. The molecular formula is C16H19O3P. The van der Waals surface area contributed by atoms with Crippen molar-refractivity contribution in [2.75, 3.05) is 7.11 Å². The highest BCUT2D eigenvalue weighted by molar-refractivity contribution is 7.32. The van der Waals surface area contributed by atoms with Gasteiger partial charge in [-0.05, 0) is 11.1 Å². The Hall–Kier alpha value is -1.25. The van der Waals surface area contributed by atoms with Crippen molar-refractivity contribution in [3.8, 4) is 0 Å². The summed E-state index contributed by atoms with van der Waals surface area (Å²) < 4.78 is 16.6. The second kappa shape index (κ2) is 8.83. The summed E-state index contributed by atoms with van der Waals surface area (Å²) in [5.41, 5.74) is 2.28. The highest BCUT2D eigenvalue weighted by Gasteiger charge is 2.08. The molecule has 2 atom stereocenters. The molecule has 4 heteroatoms. The summed E-state index contributed by atoms with van der Waals surface area (Å²) in [5.74, 6) is 0. The predicted octanol–water partition coefficient (Wildman–Crippen LogP) is 3.94. The van der Waals surface area contributed by atoms with E-state index in [4.69, 9.17) is 14.0 Å². The van der Waals surface area contributed by atoms with Crippen molar-refractivity contribution < 1.29 is 14.0 Å². The van der Waals surface area contributed by atoms with Crippen LogP contribution in [0.2, 0.25) is 0 Å². The van der Waals surface area contributed by atoms with E-state index in [1.807, 2.05) is 60.7 Å². The first-order valence-electron chi connectivity index (χ1n) is 6.48. The average molecular weight is 290 g/mol. The molecule has 0 aromatic heterocycles. The molecule has 2 aromatic rings. The van der Waals surface area contributed by atoms with Crippen LogP contribution in [0, 0.1) is 0 Å². The molecule has 2 rings (SSSR count). The van der Waals surface area contributed by atoms with E-state index in [2.05, 4.69) is 0 Å². The van der Waals surface area contributed by atoms with Crippen LogP contribution in [-0.4, -0.2) is 13.1 Å². The van der Waals surface area contributed by atoms with Gasteiger partial charge < -0.3 is 14.0 Å². The fourth-order valence-electron chi connectivity index (χ4n) is 1.66. The normalized spacial score (nSPS) is 12.8. The molecule has 0 aliphatic heterocycles. The number of methoxy groups -OCH3 is 1. The van der Waals surface area contributed by atoms with Gasteiger partial charge in [0, 0.05) is 7.11 Å². The fourth-order valence-corrected chi connectivity index (χ4v) is 2.30. The summed E-state index contributed by atoms with van der Waals surface area (Å²) in [6.07, 6.45) is 0. The largest absolute Gasteiger partial charge is 0.353 e. The highest BCUT2D eigenvalue weighted by atomic mass is 31.1. The van der Waals surface area contributed by atoms with Gasteiger partial charge in [-0.3, -0.25) is 0 Å². The van der Waals surface area contributed by atoms with Crippen LogP contribution >= 0.6 is 8.81 Å². The van der Waals surface area contributed by atoms with E-state index in [1.165, 1.54) is 0 Å². The predicted molar refractivity (Wildman–Crippen MR) is 81.6 cm³/mol. The maximum atomic E-state index is 5.68. The molecule has 0 saturated heterocycles. The topological polar surface area (TPSA) is 27.7 Å². The summed E-state index contributed by atoms with van der Waals surface area (Å²) in [4.78, 5) is 0. The minimum absolute atomic E-state index is 0.156. The Labute approximate surface area is 121 Å². The first kappa shape index (κ1) is 15.1. The summed E-state index contributed by atoms with van der Waals surface area (Å²) in [7, 11) is 1.79. The van der Waals surface area contributed by atoms with Crippen LogP contribution in [0.1, 0.15) is 11.1 Å². The van der Waals surface area contributed by atoms with Crippen LogP contribution in [0.25, 0.3) is 0 Å². The van der Waals surface area contributed by atoms with Crippen molar-refractivity contribution in [2.45, 2.75) is 19.2 Å². The minimum Gasteiger partial charge on any atom is -0.353 e. The van der Waals surface area contributed by atoms with Gasteiger partial charge in [-0.2, -0.15) is 0 Å². The second-order valence-corrected chi connectivity index (χ2v) is 5.25. The van der Waals surface area contributed by atoms with Crippen LogP contribution in [0.15, 0.2) is 60.7 Å². The standard InChI is InChI=1S/C16H19O3P/c1-17-16(18-12-14-8-4-2-5-9-14)20-19-13-15-10-6-3-7-11-15/h2-11,16,20H,12-13H2,1H3. The molecule has 2 aromatic carbocycles. The average Bonchev–Trinajstić information content (AvgIpc) is 2.52. The number of hydrogen-bond acceptors (Lipinski definition) is 3. The van der Waals surface area contributed by atoms with Gasteiger partial charge in [-0.1, -0.05) is 60.7 Å². The van der Waals surface area contributed by atoms with Crippen molar-refractivity contribution in [1.82, 2.24) is 0 Å². The van der Waals surface area contributed by atoms with E-state index in [0.29, 0.717) is 13.2 Å². The van der Waals surface area contributed by atoms with Crippen molar-refractivity contribution in [3.63, 3.8) is 0 Å². The number of hydrogen-bond donors (Lipinski definition) is 0. The maximum absolute atomic E-state index is 5.68. The fraction of sp³-hybridized carbons (Fsp3) is 0.250. The van der Waals surface area contributed by atoms with Gasteiger partial charge in [0.15, 0.2) is 6.03 Å². The van der Waals surface area contributed by atoms with E-state index < -0.39 is 0 Å². The Morgan fingerprint density at radius 1 is 0.850 bits per heavy atom. The molecule has 0 fully saturated rings. The molecular weight excluding hydrogens is 271 g/mol. The van der Waals surface area contributed by atoms with Gasteiger partial charge in [0.1, 0.15) is 0 Å². The molecule has 0 saturated carbocycles. The van der Waals surface area contributed by atoms with Gasteiger partial charge in [0.25, 0.3) is 0 Å². The summed E-state index contributed by atoms with van der Waals surface area (Å²) >= 11 is 0. The second-order valence-electron chi connectivity index (χ2n) is 4.26. The summed E-state index contributed by atoms with van der Waals surface area (Å²) in [5, 5.41) is 0. The van der Waals surface area contributed by atoms with Crippen molar-refractivity contribution in [1.29, 1.82) is 0 Å². The summed E-state index contributed by atoms with van der Waals surface area (Å²) in [6.45, 7) is 1.11. The lowest BCUT2D eigenvalue weighted by Crippen LogP contribution is -2.09. The van der Waals surface area contributed by atoms with Crippen molar-refractivity contribution >= 4 is 8.81 Å². The number of ether oxygens (including phenoxy) is 2. The summed E-state index contributed by atoms with van der Waals surface area (Å²) in [6, 6.07) is 19.8. The Balaban J connectivity index is 1.70. The quantitative estimate of drug-likeness (QED) is 0.544. The third kappa shape index (κ3) is 5.40. The molecule has 0 bridgehead atoms. The zero-order valence-corrected chi connectivity index (χ0v) is 12.5. The Kier molecular flexibility index (Phi) is 6.69. The van der Waals surface area contributed by atoms with E-state index in [9.17, 15) is 0 Å². The zero-order valence-electron chi connectivity index (χ0n) is 11.5. The Bertz CT molecular complexity index is 476. The highest BCUT2D eigenvalue weighted by Crippen LogP contribution is 2.25. The molecule has 0 aliphatic carbocycles. The molecule has 0 heterocycles. The molecule has 0 radical (unpaired) electrons. The van der Waals surface area contributed by atoms with Gasteiger partial charge in [0.2, 0.25) is 0 Å². The number of rotatable bonds is 8. The van der Waals surface area contributed by atoms with E-state index >= 15 is 0 Å². The first-order chi connectivity index (χ1) is 9.88. The molecule has 0 aliphatic rings. The molecule has 0 amide bonds. The van der Waals surface area contributed by atoms with Crippen molar-refractivity contribution in [3.05, 3.63) is 71.8 Å². The van der Waals surface area contributed by atoms with Gasteiger partial charge in [0.05, 0.1) is 22.0 Å². The van der Waals surface area contributed by atoms with Crippen LogP contribution < -0.4 is 0 Å². The molecule has 2 unspecified atom stereocenters. The van der Waals surface area contributed by atoms with Gasteiger partial charge in [-0.15, -0.1) is 0 Å². The van der Waals surface area contributed by atoms with E-state index in [0.717, 1.165) is 11.1 Å². The lowest BCUT2D eigenvalue weighted by Gasteiger charge is -2.16. The SMILES string of the molecule is COC(OCc1ccccc1)POCc1ccccc1. The van der Waals surface area contributed by atoms with Crippen LogP contribution in [0.4, 0.5) is 0 Å². The molecule has 106 valence electrons. The maximum Gasteiger partial charge on any atom is 0.198 e. The third-order valence-corrected chi connectivity index (χ3v) is 3.63. The molecule has 0 N–H and O–H groups in total. The smallest absolute Gasteiger partial charge is 0.198 e. The molecule has 3 nitrogen and oxygen atoms in total. The van der Waals surface area contributed by atoms with Crippen LogP contribution in [0.3, 0.4) is 0 Å². The van der Waals surface area contributed by atoms with E-state index in [-0.39, 0.29) is 14.8 Å². The van der Waals surface area contributed by atoms with Gasteiger partial charge in [-0.25, -0.2) is 0 Å². The lowest BCUT2D eigenvalue weighted by molar-refractivity contribution is -0.0764. The van der Waals surface area contributed by atoms with Gasteiger partial charge >= 0.3 is 0 Å². The van der Waals surface area contributed by atoms with Crippen LogP contribution in [0.5, 0.6) is 0 Å². The zero-order chi connectivity index (χ0) is 14.0. The number of benzene rings is 2. The van der Waals surface area contributed by atoms with Crippen LogP contribution in [-0.2, 0) is 27.2 Å². The molecule has 0 spiro atoms. The Morgan fingerprint density at radius 2 is 1.40 bits per heavy atom. The lowest BCUT2D eigenvalue weighted by atomic mass is 10.2. The third-order valence-electron chi connectivity index (χ3n) is 2.72. The first-order valence-corrected chi connectivity index (χ1v) is 7.46. The van der Waals surface area contributed by atoms with Crippen molar-refractivity contribution in [2.24, 2.45) is 0 Å². The minimum atomic E-state index is -0.320. The Morgan fingerprint density at radius 3 is 1.95 bits per heavy atom. The van der Waals surface area contributed by atoms with E-state index in [1.54, 1.807) is 7.11 Å².